The van der Waals surface area contributed by atoms with E-state index in [1.54, 1.807) is 42.5 Å². The Labute approximate surface area is 202 Å². The fraction of sp³-hybridized carbons (Fsp3) is 0.115. The van der Waals surface area contributed by atoms with Crippen LogP contribution in [0, 0.1) is 11.3 Å². The fourth-order valence-corrected chi connectivity index (χ4v) is 3.23. The summed E-state index contributed by atoms with van der Waals surface area (Å²) >= 11 is 6.28. The van der Waals surface area contributed by atoms with Crippen molar-refractivity contribution in [3.63, 3.8) is 0 Å². The first-order valence-electron chi connectivity index (χ1n) is 10.3. The van der Waals surface area contributed by atoms with Crippen molar-refractivity contribution in [1.82, 2.24) is 5.32 Å². The lowest BCUT2D eigenvalue weighted by molar-refractivity contribution is -0.118. The highest BCUT2D eigenvalue weighted by Gasteiger charge is 2.12. The number of rotatable bonds is 9. The lowest BCUT2D eigenvalue weighted by Gasteiger charge is -2.11. The normalized spacial score (nSPS) is 10.7. The standard InChI is InChI=1S/C26H22ClN3O4/c1-33-24-10-6-5-9-22(24)30-25(31)17-34-23-12-11-19(14-21(23)27)13-20(15-28)26(32)29-16-18-7-3-2-4-8-18/h2-14H,16-17H2,1H3,(H,29,32)(H,30,31). The van der Waals surface area contributed by atoms with Gasteiger partial charge in [-0.25, -0.2) is 0 Å². The zero-order valence-corrected chi connectivity index (χ0v) is 19.1. The van der Waals surface area contributed by atoms with Crippen LogP contribution in [0.3, 0.4) is 0 Å². The van der Waals surface area contributed by atoms with Crippen molar-refractivity contribution in [2.45, 2.75) is 6.54 Å². The molecule has 0 saturated heterocycles. The van der Waals surface area contributed by atoms with E-state index in [0.29, 0.717) is 29.3 Å². The smallest absolute Gasteiger partial charge is 0.262 e. The third-order valence-corrected chi connectivity index (χ3v) is 4.96. The fourth-order valence-electron chi connectivity index (χ4n) is 2.99. The molecule has 0 bridgehead atoms. The van der Waals surface area contributed by atoms with Crippen LogP contribution in [0.4, 0.5) is 5.69 Å². The Bertz CT molecular complexity index is 1240. The van der Waals surface area contributed by atoms with E-state index >= 15 is 0 Å². The zero-order chi connectivity index (χ0) is 24.3. The maximum Gasteiger partial charge on any atom is 0.262 e. The number of amides is 2. The number of ether oxygens (including phenoxy) is 2. The van der Waals surface area contributed by atoms with E-state index < -0.39 is 5.91 Å². The first-order chi connectivity index (χ1) is 16.5. The van der Waals surface area contributed by atoms with Gasteiger partial charge in [-0.2, -0.15) is 5.26 Å². The Morgan fingerprint density at radius 1 is 1.03 bits per heavy atom. The number of nitriles is 1. The van der Waals surface area contributed by atoms with E-state index in [2.05, 4.69) is 10.6 Å². The quantitative estimate of drug-likeness (QED) is 0.348. The second kappa shape index (κ2) is 12.1. The number of carbonyl (C=O) groups excluding carboxylic acids is 2. The van der Waals surface area contributed by atoms with Crippen LogP contribution in [0.25, 0.3) is 6.08 Å². The minimum absolute atomic E-state index is 0.0585. The summed E-state index contributed by atoms with van der Waals surface area (Å²) in [6.07, 6.45) is 1.43. The molecule has 0 aliphatic heterocycles. The number of benzene rings is 3. The van der Waals surface area contributed by atoms with Crippen LogP contribution >= 0.6 is 11.6 Å². The molecule has 0 fully saturated rings. The molecule has 0 heterocycles. The predicted octanol–water partition coefficient (Wildman–Crippen LogP) is 4.59. The molecule has 2 N–H and O–H groups in total. The molecule has 0 radical (unpaired) electrons. The lowest BCUT2D eigenvalue weighted by Crippen LogP contribution is -2.23. The number of hydrogen-bond donors (Lipinski definition) is 2. The van der Waals surface area contributed by atoms with E-state index in [-0.39, 0.29) is 23.1 Å². The van der Waals surface area contributed by atoms with Gasteiger partial charge in [-0.05, 0) is 41.5 Å². The van der Waals surface area contributed by atoms with Gasteiger partial charge in [-0.15, -0.1) is 0 Å². The first kappa shape index (κ1) is 24.4. The average molecular weight is 476 g/mol. The van der Waals surface area contributed by atoms with E-state index in [9.17, 15) is 14.9 Å². The summed E-state index contributed by atoms with van der Waals surface area (Å²) in [6.45, 7) is 0.0431. The molecule has 3 aromatic carbocycles. The zero-order valence-electron chi connectivity index (χ0n) is 18.4. The van der Waals surface area contributed by atoms with Gasteiger partial charge in [0.05, 0.1) is 17.8 Å². The van der Waals surface area contributed by atoms with Crippen molar-refractivity contribution in [3.8, 4) is 17.6 Å². The predicted molar refractivity (Wildman–Crippen MR) is 130 cm³/mol. The molecule has 2 amide bonds. The Morgan fingerprint density at radius 2 is 1.76 bits per heavy atom. The molecule has 0 atom stereocenters. The summed E-state index contributed by atoms with van der Waals surface area (Å²) in [4.78, 5) is 24.6. The van der Waals surface area contributed by atoms with E-state index in [1.165, 1.54) is 13.2 Å². The van der Waals surface area contributed by atoms with Crippen molar-refractivity contribution >= 4 is 35.2 Å². The SMILES string of the molecule is COc1ccccc1NC(=O)COc1ccc(C=C(C#N)C(=O)NCc2ccccc2)cc1Cl. The summed E-state index contributed by atoms with van der Waals surface area (Å²) < 4.78 is 10.7. The van der Waals surface area contributed by atoms with E-state index in [1.807, 2.05) is 36.4 Å². The van der Waals surface area contributed by atoms with Crippen LogP contribution in [0.2, 0.25) is 5.02 Å². The van der Waals surface area contributed by atoms with Gasteiger partial charge in [0.15, 0.2) is 6.61 Å². The van der Waals surface area contributed by atoms with Crippen molar-refractivity contribution < 1.29 is 19.1 Å². The molecule has 0 saturated carbocycles. The average Bonchev–Trinajstić information content (AvgIpc) is 2.86. The molecule has 8 heteroatoms. The van der Waals surface area contributed by atoms with Gasteiger partial charge in [-0.3, -0.25) is 9.59 Å². The van der Waals surface area contributed by atoms with Crippen LogP contribution in [-0.2, 0) is 16.1 Å². The number of para-hydroxylation sites is 2. The topological polar surface area (TPSA) is 100 Å². The molecule has 0 aliphatic rings. The van der Waals surface area contributed by atoms with Gasteiger partial charge in [0.25, 0.3) is 11.8 Å². The Hall–Kier alpha value is -4.28. The Morgan fingerprint density at radius 3 is 2.47 bits per heavy atom. The maximum absolute atomic E-state index is 12.4. The molecule has 0 aliphatic carbocycles. The third-order valence-electron chi connectivity index (χ3n) is 4.67. The second-order valence-corrected chi connectivity index (χ2v) is 7.47. The number of nitrogens with zero attached hydrogens (tertiary/aromatic N) is 1. The number of halogens is 1. The van der Waals surface area contributed by atoms with Gasteiger partial charge >= 0.3 is 0 Å². The molecule has 172 valence electrons. The minimum Gasteiger partial charge on any atom is -0.495 e. The van der Waals surface area contributed by atoms with Crippen LogP contribution in [0.15, 0.2) is 78.4 Å². The molecule has 0 unspecified atom stereocenters. The van der Waals surface area contributed by atoms with Crippen molar-refractivity contribution in [1.29, 1.82) is 5.26 Å². The Balaban J connectivity index is 1.59. The molecular formula is C26H22ClN3O4. The van der Waals surface area contributed by atoms with Gasteiger partial charge < -0.3 is 20.1 Å². The number of hydrogen-bond acceptors (Lipinski definition) is 5. The summed E-state index contributed by atoms with van der Waals surface area (Å²) in [5.41, 5.74) is 1.94. The molecule has 34 heavy (non-hydrogen) atoms. The summed E-state index contributed by atoms with van der Waals surface area (Å²) in [7, 11) is 1.52. The molecule has 3 aromatic rings. The monoisotopic (exact) mass is 475 g/mol. The number of nitrogens with one attached hydrogen (secondary N) is 2. The lowest BCUT2D eigenvalue weighted by atomic mass is 10.1. The molecule has 0 spiro atoms. The highest BCUT2D eigenvalue weighted by molar-refractivity contribution is 6.32. The molecule has 7 nitrogen and oxygen atoms in total. The maximum atomic E-state index is 12.4. The second-order valence-electron chi connectivity index (χ2n) is 7.07. The number of carbonyl (C=O) groups is 2. The summed E-state index contributed by atoms with van der Waals surface area (Å²) in [5, 5.41) is 15.1. The van der Waals surface area contributed by atoms with E-state index in [4.69, 9.17) is 21.1 Å². The van der Waals surface area contributed by atoms with Crippen LogP contribution in [0.5, 0.6) is 11.5 Å². The highest BCUT2D eigenvalue weighted by Crippen LogP contribution is 2.27. The molecule has 3 rings (SSSR count). The highest BCUT2D eigenvalue weighted by atomic mass is 35.5. The van der Waals surface area contributed by atoms with Gasteiger partial charge in [0.1, 0.15) is 23.1 Å². The molecular weight excluding hydrogens is 454 g/mol. The van der Waals surface area contributed by atoms with Gasteiger partial charge in [-0.1, -0.05) is 60.1 Å². The van der Waals surface area contributed by atoms with Gasteiger partial charge in [0, 0.05) is 6.54 Å². The van der Waals surface area contributed by atoms with Crippen molar-refractivity contribution in [2.24, 2.45) is 0 Å². The largest absolute Gasteiger partial charge is 0.495 e. The van der Waals surface area contributed by atoms with E-state index in [0.717, 1.165) is 5.56 Å². The van der Waals surface area contributed by atoms with Crippen molar-refractivity contribution in [3.05, 3.63) is 94.5 Å². The van der Waals surface area contributed by atoms with Crippen LogP contribution in [-0.4, -0.2) is 25.5 Å². The first-order valence-corrected chi connectivity index (χ1v) is 10.7. The Kier molecular flexibility index (Phi) is 8.67. The van der Waals surface area contributed by atoms with Gasteiger partial charge in [0.2, 0.25) is 0 Å². The van der Waals surface area contributed by atoms with Crippen LogP contribution in [0.1, 0.15) is 11.1 Å². The number of anilines is 1. The minimum atomic E-state index is -0.490. The molecule has 0 aromatic heterocycles. The van der Waals surface area contributed by atoms with Crippen molar-refractivity contribution in [2.75, 3.05) is 19.0 Å². The summed E-state index contributed by atoms with van der Waals surface area (Å²) in [6, 6.07) is 23.1. The summed E-state index contributed by atoms with van der Waals surface area (Å²) in [5.74, 6) is -0.0469. The van der Waals surface area contributed by atoms with Crippen LogP contribution < -0.4 is 20.1 Å². The third kappa shape index (κ3) is 6.86. The number of methoxy groups -OCH3 is 1.